The lowest BCUT2D eigenvalue weighted by Gasteiger charge is -2.46. The van der Waals surface area contributed by atoms with Crippen LogP contribution in [0.2, 0.25) is 0 Å². The zero-order valence-corrected chi connectivity index (χ0v) is 12.7. The van der Waals surface area contributed by atoms with E-state index in [9.17, 15) is 0 Å². The van der Waals surface area contributed by atoms with Gasteiger partial charge in [0.05, 0.1) is 5.54 Å². The Morgan fingerprint density at radius 2 is 1.75 bits per heavy atom. The molecule has 2 aliphatic carbocycles. The number of allylic oxidation sites excluding steroid dienone is 2. The first-order valence-electron chi connectivity index (χ1n) is 8.76. The Kier molecular flexibility index (Phi) is 3.37. The molecular formula is C18H28N2. The summed E-state index contributed by atoms with van der Waals surface area (Å²) in [6, 6.07) is 0. The molecule has 2 aliphatic heterocycles. The highest BCUT2D eigenvalue weighted by molar-refractivity contribution is 5.27. The topological polar surface area (TPSA) is 6.48 Å². The van der Waals surface area contributed by atoms with Crippen molar-refractivity contribution in [1.82, 2.24) is 9.80 Å². The standard InChI is InChI=1S/C18H28N2/c1-2-13-19(12-1)17-8-7-16-6-5-10-18(17,11-9-16)20-14-3-4-15-20/h5-6,8,16H,1-4,7,9-15H2. The van der Waals surface area contributed by atoms with Gasteiger partial charge in [-0.2, -0.15) is 0 Å². The molecule has 2 atom stereocenters. The van der Waals surface area contributed by atoms with E-state index < -0.39 is 0 Å². The van der Waals surface area contributed by atoms with Gasteiger partial charge in [-0.25, -0.2) is 0 Å². The fraction of sp³-hybridized carbons (Fsp3) is 0.778. The minimum absolute atomic E-state index is 0.350. The van der Waals surface area contributed by atoms with Crippen molar-refractivity contribution in [3.63, 3.8) is 0 Å². The van der Waals surface area contributed by atoms with Gasteiger partial charge in [0.2, 0.25) is 0 Å². The van der Waals surface area contributed by atoms with Crippen molar-refractivity contribution in [2.45, 2.75) is 56.9 Å². The summed E-state index contributed by atoms with van der Waals surface area (Å²) < 4.78 is 0. The monoisotopic (exact) mass is 272 g/mol. The predicted octanol–water partition coefficient (Wildman–Crippen LogP) is 3.56. The highest BCUT2D eigenvalue weighted by Crippen LogP contribution is 2.44. The SMILES string of the molecule is C1=CC2CC=C(N3CCCC3)C(N3CCCC3)(C1)CC2. The molecule has 2 unspecified atom stereocenters. The third-order valence-electron chi connectivity index (χ3n) is 6.04. The highest BCUT2D eigenvalue weighted by atomic mass is 15.3. The minimum atomic E-state index is 0.350. The summed E-state index contributed by atoms with van der Waals surface area (Å²) in [5, 5.41) is 0. The van der Waals surface area contributed by atoms with E-state index in [1.807, 2.05) is 0 Å². The van der Waals surface area contributed by atoms with Crippen LogP contribution in [0, 0.1) is 5.92 Å². The fourth-order valence-electron chi connectivity index (χ4n) is 4.94. The van der Waals surface area contributed by atoms with Gasteiger partial charge in [0.25, 0.3) is 0 Å². The number of rotatable bonds is 2. The predicted molar refractivity (Wildman–Crippen MR) is 83.5 cm³/mol. The van der Waals surface area contributed by atoms with Crippen molar-refractivity contribution in [1.29, 1.82) is 0 Å². The summed E-state index contributed by atoms with van der Waals surface area (Å²) >= 11 is 0. The Morgan fingerprint density at radius 1 is 1.00 bits per heavy atom. The Bertz CT molecular complexity index is 413. The van der Waals surface area contributed by atoms with Crippen LogP contribution in [0.5, 0.6) is 0 Å². The summed E-state index contributed by atoms with van der Waals surface area (Å²) in [7, 11) is 0. The van der Waals surface area contributed by atoms with Crippen LogP contribution >= 0.6 is 0 Å². The second-order valence-corrected chi connectivity index (χ2v) is 7.18. The maximum absolute atomic E-state index is 2.84. The van der Waals surface area contributed by atoms with E-state index in [0.717, 1.165) is 5.92 Å². The van der Waals surface area contributed by atoms with Crippen LogP contribution in [0.25, 0.3) is 0 Å². The summed E-state index contributed by atoms with van der Waals surface area (Å²) in [6.07, 6.45) is 18.6. The molecular weight excluding hydrogens is 244 g/mol. The molecule has 0 spiro atoms. The third kappa shape index (κ3) is 2.04. The van der Waals surface area contributed by atoms with Gasteiger partial charge in [0.1, 0.15) is 0 Å². The first-order chi connectivity index (χ1) is 9.88. The maximum atomic E-state index is 2.84. The summed E-state index contributed by atoms with van der Waals surface area (Å²) in [6.45, 7) is 5.25. The van der Waals surface area contributed by atoms with E-state index in [0.29, 0.717) is 5.54 Å². The molecule has 0 aromatic rings. The molecule has 2 saturated heterocycles. The van der Waals surface area contributed by atoms with E-state index in [1.54, 1.807) is 5.70 Å². The molecule has 0 saturated carbocycles. The molecule has 2 fully saturated rings. The number of likely N-dealkylation sites (tertiary alicyclic amines) is 2. The lowest BCUT2D eigenvalue weighted by Crippen LogP contribution is -2.52. The average molecular weight is 272 g/mol. The lowest BCUT2D eigenvalue weighted by molar-refractivity contribution is 0.112. The van der Waals surface area contributed by atoms with Crippen molar-refractivity contribution >= 4 is 0 Å². The Labute approximate surface area is 123 Å². The van der Waals surface area contributed by atoms with Crippen LogP contribution in [0.3, 0.4) is 0 Å². The molecule has 2 heterocycles. The smallest absolute Gasteiger partial charge is 0.0641 e. The van der Waals surface area contributed by atoms with Crippen LogP contribution in [0.15, 0.2) is 23.9 Å². The number of hydrogen-bond acceptors (Lipinski definition) is 2. The molecule has 2 bridgehead atoms. The minimum Gasteiger partial charge on any atom is -0.374 e. The van der Waals surface area contributed by atoms with Gasteiger partial charge in [0.15, 0.2) is 0 Å². The van der Waals surface area contributed by atoms with Crippen molar-refractivity contribution in [3.8, 4) is 0 Å². The maximum Gasteiger partial charge on any atom is 0.0641 e. The average Bonchev–Trinajstić information content (AvgIpc) is 3.08. The van der Waals surface area contributed by atoms with Crippen LogP contribution < -0.4 is 0 Å². The molecule has 0 radical (unpaired) electrons. The van der Waals surface area contributed by atoms with Crippen molar-refractivity contribution in [2.24, 2.45) is 5.92 Å². The molecule has 4 aliphatic rings. The normalized spacial score (nSPS) is 38.1. The second kappa shape index (κ2) is 5.22. The lowest BCUT2D eigenvalue weighted by atomic mass is 9.85. The largest absolute Gasteiger partial charge is 0.374 e. The van der Waals surface area contributed by atoms with Crippen LogP contribution in [0.4, 0.5) is 0 Å². The molecule has 4 rings (SSSR count). The molecule has 0 aromatic heterocycles. The number of fused-ring (bicyclic) bond motifs is 3. The van der Waals surface area contributed by atoms with Gasteiger partial charge < -0.3 is 4.90 Å². The Hall–Kier alpha value is -0.760. The first-order valence-corrected chi connectivity index (χ1v) is 8.76. The van der Waals surface area contributed by atoms with Gasteiger partial charge in [0, 0.05) is 18.8 Å². The van der Waals surface area contributed by atoms with Crippen molar-refractivity contribution in [2.75, 3.05) is 26.2 Å². The first kappa shape index (κ1) is 12.9. The van der Waals surface area contributed by atoms with E-state index in [1.165, 1.54) is 77.5 Å². The van der Waals surface area contributed by atoms with Crippen LogP contribution in [-0.2, 0) is 0 Å². The van der Waals surface area contributed by atoms with Crippen LogP contribution in [-0.4, -0.2) is 41.5 Å². The third-order valence-corrected chi connectivity index (χ3v) is 6.04. The summed E-state index contributed by atoms with van der Waals surface area (Å²) in [4.78, 5) is 5.58. The molecule has 0 N–H and O–H groups in total. The molecule has 20 heavy (non-hydrogen) atoms. The summed E-state index contributed by atoms with van der Waals surface area (Å²) in [5.41, 5.74) is 2.06. The molecule has 2 nitrogen and oxygen atoms in total. The van der Waals surface area contributed by atoms with Crippen molar-refractivity contribution < 1.29 is 0 Å². The van der Waals surface area contributed by atoms with Gasteiger partial charge >= 0.3 is 0 Å². The zero-order chi connectivity index (χ0) is 13.4. The molecule has 0 amide bonds. The van der Waals surface area contributed by atoms with E-state index >= 15 is 0 Å². The Balaban J connectivity index is 1.72. The Morgan fingerprint density at radius 3 is 2.55 bits per heavy atom. The van der Waals surface area contributed by atoms with Crippen LogP contribution in [0.1, 0.15) is 51.4 Å². The number of hydrogen-bond donors (Lipinski definition) is 0. The fourth-order valence-corrected chi connectivity index (χ4v) is 4.94. The van der Waals surface area contributed by atoms with Gasteiger partial charge in [-0.05, 0) is 70.4 Å². The van der Waals surface area contributed by atoms with E-state index in [-0.39, 0.29) is 0 Å². The molecule has 110 valence electrons. The quantitative estimate of drug-likeness (QED) is 0.709. The number of nitrogens with zero attached hydrogens (tertiary/aromatic N) is 2. The highest BCUT2D eigenvalue weighted by Gasteiger charge is 2.45. The van der Waals surface area contributed by atoms with Gasteiger partial charge in [-0.15, -0.1) is 0 Å². The molecule has 2 heteroatoms. The van der Waals surface area contributed by atoms with Gasteiger partial charge in [-0.3, -0.25) is 4.90 Å². The zero-order valence-electron chi connectivity index (χ0n) is 12.7. The van der Waals surface area contributed by atoms with E-state index in [2.05, 4.69) is 28.0 Å². The molecule has 0 aromatic carbocycles. The summed E-state index contributed by atoms with van der Waals surface area (Å²) in [5.74, 6) is 0.805. The van der Waals surface area contributed by atoms with Crippen molar-refractivity contribution in [3.05, 3.63) is 23.9 Å². The second-order valence-electron chi connectivity index (χ2n) is 7.18. The van der Waals surface area contributed by atoms with Gasteiger partial charge in [-0.1, -0.05) is 18.2 Å². The van der Waals surface area contributed by atoms with E-state index in [4.69, 9.17) is 0 Å².